The molecular weight excluding hydrogens is 380 g/mol. The van der Waals surface area contributed by atoms with Gasteiger partial charge in [0.1, 0.15) is 5.52 Å². The van der Waals surface area contributed by atoms with Crippen molar-refractivity contribution in [3.63, 3.8) is 0 Å². The molecule has 0 saturated carbocycles. The Labute approximate surface area is 155 Å². The molecule has 3 N–H and O–H groups in total. The van der Waals surface area contributed by atoms with Crippen LogP contribution >= 0.6 is 15.9 Å². The highest BCUT2D eigenvalue weighted by Crippen LogP contribution is 2.28. The van der Waals surface area contributed by atoms with Crippen LogP contribution in [0.2, 0.25) is 0 Å². The molecule has 1 aromatic carbocycles. The van der Waals surface area contributed by atoms with E-state index in [1.807, 2.05) is 30.5 Å². The molecule has 0 fully saturated rings. The Bertz CT molecular complexity index is 882. The Kier molecular flexibility index (Phi) is 5.63. The number of aromatic nitrogens is 2. The Morgan fingerprint density at radius 1 is 1.24 bits per heavy atom. The third kappa shape index (κ3) is 4.34. The lowest BCUT2D eigenvalue weighted by Crippen LogP contribution is -2.23. The summed E-state index contributed by atoms with van der Waals surface area (Å²) >= 11 is 3.55. The second kappa shape index (κ2) is 7.91. The zero-order valence-corrected chi connectivity index (χ0v) is 15.8. The van der Waals surface area contributed by atoms with Gasteiger partial charge in [-0.05, 0) is 49.2 Å². The first-order valence-electron chi connectivity index (χ1n) is 8.19. The second-order valence-electron chi connectivity index (χ2n) is 6.09. The largest absolute Gasteiger partial charge is 0.392 e. The molecule has 0 spiro atoms. The minimum Gasteiger partial charge on any atom is -0.392 e. The van der Waals surface area contributed by atoms with Crippen molar-refractivity contribution in [2.24, 2.45) is 0 Å². The number of hydrogen-bond donors (Lipinski definition) is 3. The van der Waals surface area contributed by atoms with Crippen LogP contribution in [0.5, 0.6) is 0 Å². The first kappa shape index (κ1) is 17.8. The van der Waals surface area contributed by atoms with Gasteiger partial charge in [0.15, 0.2) is 5.82 Å². The van der Waals surface area contributed by atoms with Gasteiger partial charge in [-0.1, -0.05) is 22.0 Å². The van der Waals surface area contributed by atoms with E-state index < -0.39 is 0 Å². The van der Waals surface area contributed by atoms with E-state index in [0.717, 1.165) is 38.0 Å². The predicted molar refractivity (Wildman–Crippen MR) is 105 cm³/mol. The van der Waals surface area contributed by atoms with Crippen molar-refractivity contribution in [3.05, 3.63) is 58.3 Å². The molecule has 3 rings (SSSR count). The van der Waals surface area contributed by atoms with Crippen LogP contribution in [0.4, 0.5) is 11.5 Å². The van der Waals surface area contributed by atoms with Gasteiger partial charge in [0.2, 0.25) is 0 Å². The van der Waals surface area contributed by atoms with Crippen molar-refractivity contribution in [3.8, 4) is 0 Å². The van der Waals surface area contributed by atoms with Gasteiger partial charge >= 0.3 is 0 Å². The fourth-order valence-corrected chi connectivity index (χ4v) is 2.96. The SMILES string of the molecule is Cc1c(Br)cccc1Nc1nccc2cc(CNC[C@H](C)O)cnc12. The van der Waals surface area contributed by atoms with E-state index in [0.29, 0.717) is 13.1 Å². The summed E-state index contributed by atoms with van der Waals surface area (Å²) in [5.41, 5.74) is 4.03. The maximum absolute atomic E-state index is 9.32. The monoisotopic (exact) mass is 400 g/mol. The lowest BCUT2D eigenvalue weighted by Gasteiger charge is -2.12. The van der Waals surface area contributed by atoms with Gasteiger partial charge in [0, 0.05) is 41.0 Å². The molecule has 3 aromatic rings. The lowest BCUT2D eigenvalue weighted by molar-refractivity contribution is 0.191. The van der Waals surface area contributed by atoms with Crippen molar-refractivity contribution in [1.29, 1.82) is 0 Å². The Balaban J connectivity index is 1.86. The molecule has 6 heteroatoms. The second-order valence-corrected chi connectivity index (χ2v) is 6.95. The van der Waals surface area contributed by atoms with Gasteiger partial charge in [-0.15, -0.1) is 0 Å². The van der Waals surface area contributed by atoms with E-state index in [9.17, 15) is 5.11 Å². The third-order valence-corrected chi connectivity index (χ3v) is 4.80. The van der Waals surface area contributed by atoms with Gasteiger partial charge in [-0.25, -0.2) is 4.98 Å². The molecule has 0 bridgehead atoms. The average molecular weight is 401 g/mol. The van der Waals surface area contributed by atoms with E-state index in [1.54, 1.807) is 13.1 Å². The van der Waals surface area contributed by atoms with Crippen molar-refractivity contribution >= 4 is 38.3 Å². The number of rotatable bonds is 6. The number of nitrogens with zero attached hydrogens (tertiary/aromatic N) is 2. The average Bonchev–Trinajstić information content (AvgIpc) is 2.59. The lowest BCUT2D eigenvalue weighted by atomic mass is 10.1. The van der Waals surface area contributed by atoms with Crippen molar-refractivity contribution in [1.82, 2.24) is 15.3 Å². The van der Waals surface area contributed by atoms with E-state index in [-0.39, 0.29) is 6.10 Å². The van der Waals surface area contributed by atoms with E-state index in [1.165, 1.54) is 0 Å². The maximum atomic E-state index is 9.32. The number of aliphatic hydroxyl groups excluding tert-OH is 1. The number of nitrogens with one attached hydrogen (secondary N) is 2. The highest BCUT2D eigenvalue weighted by molar-refractivity contribution is 9.10. The summed E-state index contributed by atoms with van der Waals surface area (Å²) in [7, 11) is 0. The molecule has 0 aliphatic carbocycles. The van der Waals surface area contributed by atoms with E-state index in [4.69, 9.17) is 0 Å². The topological polar surface area (TPSA) is 70.1 Å². The molecule has 0 radical (unpaired) electrons. The molecular formula is C19H21BrN4O. The first-order valence-corrected chi connectivity index (χ1v) is 8.98. The Morgan fingerprint density at radius 3 is 2.88 bits per heavy atom. The van der Waals surface area contributed by atoms with Crippen LogP contribution in [0.25, 0.3) is 10.9 Å². The number of halogens is 1. The van der Waals surface area contributed by atoms with Crippen LogP contribution in [0, 0.1) is 6.92 Å². The summed E-state index contributed by atoms with van der Waals surface area (Å²) in [6, 6.07) is 10.1. The summed E-state index contributed by atoms with van der Waals surface area (Å²) < 4.78 is 1.05. The zero-order valence-electron chi connectivity index (χ0n) is 14.3. The van der Waals surface area contributed by atoms with Gasteiger partial charge in [0.05, 0.1) is 6.10 Å². The summed E-state index contributed by atoms with van der Waals surface area (Å²) in [6.45, 7) is 5.04. The summed E-state index contributed by atoms with van der Waals surface area (Å²) in [6.07, 6.45) is 3.27. The minimum atomic E-state index is -0.359. The van der Waals surface area contributed by atoms with Crippen LogP contribution in [-0.4, -0.2) is 27.7 Å². The maximum Gasteiger partial charge on any atom is 0.156 e. The van der Waals surface area contributed by atoms with Crippen LogP contribution in [-0.2, 0) is 6.54 Å². The van der Waals surface area contributed by atoms with E-state index >= 15 is 0 Å². The van der Waals surface area contributed by atoms with Gasteiger partial charge in [-0.2, -0.15) is 0 Å². The standard InChI is InChI=1S/C19H21BrN4O/c1-12(25)9-21-10-14-8-15-6-7-22-19(18(15)23-11-14)24-17-5-3-4-16(20)13(17)2/h3-8,11-12,21,25H,9-10H2,1-2H3,(H,22,24)/t12-/m0/s1. The predicted octanol–water partition coefficient (Wildman–Crippen LogP) is 3.91. The molecule has 130 valence electrons. The highest BCUT2D eigenvalue weighted by Gasteiger charge is 2.08. The van der Waals surface area contributed by atoms with Gasteiger partial charge in [0.25, 0.3) is 0 Å². The molecule has 0 unspecified atom stereocenters. The number of benzene rings is 1. The van der Waals surface area contributed by atoms with Crippen LogP contribution in [0.3, 0.4) is 0 Å². The summed E-state index contributed by atoms with van der Waals surface area (Å²) in [5, 5.41) is 16.9. The van der Waals surface area contributed by atoms with Crippen molar-refractivity contribution in [2.75, 3.05) is 11.9 Å². The highest BCUT2D eigenvalue weighted by atomic mass is 79.9. The minimum absolute atomic E-state index is 0.359. The Hall–Kier alpha value is -2.02. The Morgan fingerprint density at radius 2 is 2.08 bits per heavy atom. The third-order valence-electron chi connectivity index (χ3n) is 3.95. The molecule has 2 heterocycles. The molecule has 2 aromatic heterocycles. The fraction of sp³-hybridized carbons (Fsp3) is 0.263. The summed E-state index contributed by atoms with van der Waals surface area (Å²) in [4.78, 5) is 9.04. The normalized spacial score (nSPS) is 12.3. The number of anilines is 2. The molecule has 0 aliphatic rings. The number of aliphatic hydroxyl groups is 1. The molecule has 25 heavy (non-hydrogen) atoms. The van der Waals surface area contributed by atoms with Crippen molar-refractivity contribution < 1.29 is 5.11 Å². The van der Waals surface area contributed by atoms with E-state index in [2.05, 4.69) is 49.5 Å². The molecule has 0 saturated heterocycles. The fourth-order valence-electron chi connectivity index (χ4n) is 2.59. The molecule has 1 atom stereocenters. The quantitative estimate of drug-likeness (QED) is 0.584. The number of hydrogen-bond acceptors (Lipinski definition) is 5. The van der Waals surface area contributed by atoms with Crippen LogP contribution < -0.4 is 10.6 Å². The van der Waals surface area contributed by atoms with Gasteiger partial charge < -0.3 is 15.7 Å². The van der Waals surface area contributed by atoms with Crippen molar-refractivity contribution in [2.45, 2.75) is 26.5 Å². The summed E-state index contributed by atoms with van der Waals surface area (Å²) in [5.74, 6) is 0.738. The van der Waals surface area contributed by atoms with Crippen LogP contribution in [0.1, 0.15) is 18.1 Å². The molecule has 0 amide bonds. The first-order chi connectivity index (χ1) is 12.0. The van der Waals surface area contributed by atoms with Gasteiger partial charge in [-0.3, -0.25) is 4.98 Å². The number of pyridine rings is 2. The molecule has 5 nitrogen and oxygen atoms in total. The van der Waals surface area contributed by atoms with Crippen LogP contribution in [0.15, 0.2) is 47.2 Å². The molecule has 0 aliphatic heterocycles. The smallest absolute Gasteiger partial charge is 0.156 e. The number of fused-ring (bicyclic) bond motifs is 1. The zero-order chi connectivity index (χ0) is 17.8.